The van der Waals surface area contributed by atoms with Crippen LogP contribution in [-0.4, -0.2) is 26.3 Å². The molecule has 7 nitrogen and oxygen atoms in total. The molecule has 2 N–H and O–H groups in total. The Bertz CT molecular complexity index is 575. The number of hydrogen-bond acceptors (Lipinski definition) is 5. The fourth-order valence-corrected chi connectivity index (χ4v) is 1.95. The van der Waals surface area contributed by atoms with Crippen LogP contribution in [-0.2, 0) is 11.3 Å². The van der Waals surface area contributed by atoms with Crippen molar-refractivity contribution in [1.29, 1.82) is 0 Å². The lowest BCUT2D eigenvalue weighted by Gasteiger charge is -2.18. The number of rotatable bonds is 4. The van der Waals surface area contributed by atoms with Crippen molar-refractivity contribution in [1.82, 2.24) is 20.2 Å². The van der Waals surface area contributed by atoms with Gasteiger partial charge in [0.1, 0.15) is 12.4 Å². The van der Waals surface area contributed by atoms with E-state index in [1.165, 1.54) is 11.0 Å². The molecule has 2 rings (SSSR count). The molecular weight excluding hydrogens is 293 g/mol. The summed E-state index contributed by atoms with van der Waals surface area (Å²) in [4.78, 5) is 11.0. The normalized spacial score (nSPS) is 12.1. The minimum atomic E-state index is -0.922. The van der Waals surface area contributed by atoms with E-state index in [2.05, 4.69) is 15.5 Å². The maximum absolute atomic E-state index is 11.0. The van der Waals surface area contributed by atoms with Crippen molar-refractivity contribution >= 4 is 29.3 Å². The molecule has 1 amide bonds. The topological polar surface area (TPSA) is 95.9 Å². The minimum Gasteiger partial charge on any atom is -0.439 e. The van der Waals surface area contributed by atoms with Crippen molar-refractivity contribution in [2.75, 3.05) is 0 Å². The number of nitrogens with zero attached hydrogens (tertiary/aromatic N) is 4. The van der Waals surface area contributed by atoms with Crippen molar-refractivity contribution in [2.45, 2.75) is 12.6 Å². The number of halogens is 2. The van der Waals surface area contributed by atoms with Gasteiger partial charge >= 0.3 is 6.09 Å². The van der Waals surface area contributed by atoms with Gasteiger partial charge in [-0.1, -0.05) is 23.2 Å². The van der Waals surface area contributed by atoms with Gasteiger partial charge in [-0.2, -0.15) is 0 Å². The van der Waals surface area contributed by atoms with Crippen LogP contribution < -0.4 is 5.73 Å². The van der Waals surface area contributed by atoms with E-state index in [-0.39, 0.29) is 6.54 Å². The molecule has 0 spiro atoms. The summed E-state index contributed by atoms with van der Waals surface area (Å²) in [6.45, 7) is 0.177. The number of nitrogens with two attached hydrogens (primary N) is 1. The number of carbonyl (C=O) groups excluding carboxylic acids is 1. The molecule has 0 aliphatic heterocycles. The summed E-state index contributed by atoms with van der Waals surface area (Å²) in [6, 6.07) is 4.84. The maximum Gasteiger partial charge on any atom is 0.405 e. The van der Waals surface area contributed by atoms with Crippen LogP contribution in [0.15, 0.2) is 24.5 Å². The van der Waals surface area contributed by atoms with Crippen molar-refractivity contribution in [2.24, 2.45) is 5.73 Å². The Labute approximate surface area is 118 Å². The molecule has 1 aromatic heterocycles. The van der Waals surface area contributed by atoms with Crippen molar-refractivity contribution < 1.29 is 9.53 Å². The summed E-state index contributed by atoms with van der Waals surface area (Å²) in [7, 11) is 0. The van der Waals surface area contributed by atoms with Gasteiger partial charge in [-0.15, -0.1) is 5.10 Å². The fourth-order valence-electron chi connectivity index (χ4n) is 1.53. The average molecular weight is 302 g/mol. The molecule has 1 unspecified atom stereocenters. The number of aromatic nitrogens is 4. The van der Waals surface area contributed by atoms with Gasteiger partial charge in [0.15, 0.2) is 0 Å². The number of benzene rings is 1. The van der Waals surface area contributed by atoms with Crippen LogP contribution in [0.5, 0.6) is 0 Å². The van der Waals surface area contributed by atoms with Gasteiger partial charge in [-0.05, 0) is 28.6 Å². The lowest BCUT2D eigenvalue weighted by molar-refractivity contribution is 0.0930. The Hall–Kier alpha value is -1.86. The lowest BCUT2D eigenvalue weighted by Crippen LogP contribution is -2.21. The molecule has 19 heavy (non-hydrogen) atoms. The number of carbonyl (C=O) groups is 1. The second kappa shape index (κ2) is 5.85. The molecule has 2 aromatic rings. The average Bonchev–Trinajstić information content (AvgIpc) is 2.84. The van der Waals surface area contributed by atoms with Gasteiger partial charge in [0.05, 0.1) is 6.54 Å². The highest BCUT2D eigenvalue weighted by Gasteiger charge is 2.20. The van der Waals surface area contributed by atoms with Gasteiger partial charge in [-0.3, -0.25) is 0 Å². The van der Waals surface area contributed by atoms with Gasteiger partial charge in [-0.25, -0.2) is 9.48 Å². The second-order valence-electron chi connectivity index (χ2n) is 3.62. The zero-order chi connectivity index (χ0) is 13.8. The first kappa shape index (κ1) is 13.6. The van der Waals surface area contributed by atoms with Gasteiger partial charge < -0.3 is 10.5 Å². The van der Waals surface area contributed by atoms with Gasteiger partial charge in [0.25, 0.3) is 0 Å². The summed E-state index contributed by atoms with van der Waals surface area (Å²) in [6.07, 6.45) is -0.267. The molecule has 1 atom stereocenters. The standard InChI is InChI=1S/C10H9Cl2N5O2/c11-6-1-2-8(12)7(3-6)9(19-10(13)18)4-17-5-14-15-16-17/h1-3,5,9H,4H2,(H2,13,18). The highest BCUT2D eigenvalue weighted by atomic mass is 35.5. The van der Waals surface area contributed by atoms with Gasteiger partial charge in [0.2, 0.25) is 0 Å². The van der Waals surface area contributed by atoms with Crippen LogP contribution in [0.1, 0.15) is 11.7 Å². The molecule has 1 heterocycles. The van der Waals surface area contributed by atoms with E-state index < -0.39 is 12.2 Å². The zero-order valence-electron chi connectivity index (χ0n) is 9.53. The highest BCUT2D eigenvalue weighted by Crippen LogP contribution is 2.29. The number of amides is 1. The molecule has 0 saturated carbocycles. The molecule has 0 saturated heterocycles. The monoisotopic (exact) mass is 301 g/mol. The van der Waals surface area contributed by atoms with Crippen LogP contribution in [0.25, 0.3) is 0 Å². The van der Waals surface area contributed by atoms with E-state index in [0.717, 1.165) is 0 Å². The lowest BCUT2D eigenvalue weighted by atomic mass is 10.1. The summed E-state index contributed by atoms with van der Waals surface area (Å²) in [5, 5.41) is 11.5. The quantitative estimate of drug-likeness (QED) is 0.929. The second-order valence-corrected chi connectivity index (χ2v) is 4.47. The molecule has 0 fully saturated rings. The molecule has 100 valence electrons. The van der Waals surface area contributed by atoms with Crippen molar-refractivity contribution in [3.8, 4) is 0 Å². The fraction of sp³-hybridized carbons (Fsp3) is 0.200. The Morgan fingerprint density at radius 1 is 1.47 bits per heavy atom. The third kappa shape index (κ3) is 3.55. The third-order valence-electron chi connectivity index (χ3n) is 2.31. The molecule has 0 aliphatic carbocycles. The molecule has 0 bridgehead atoms. The molecule has 9 heteroatoms. The van der Waals surface area contributed by atoms with Crippen LogP contribution in [0.4, 0.5) is 4.79 Å². The first-order valence-electron chi connectivity index (χ1n) is 5.18. The molecule has 0 aliphatic rings. The maximum atomic E-state index is 11.0. The molecule has 0 radical (unpaired) electrons. The number of primary amides is 1. The van der Waals surface area contributed by atoms with Crippen molar-refractivity contribution in [3.05, 3.63) is 40.1 Å². The minimum absolute atomic E-state index is 0.177. The highest BCUT2D eigenvalue weighted by molar-refractivity contribution is 6.33. The van der Waals surface area contributed by atoms with Crippen LogP contribution in [0, 0.1) is 0 Å². The Kier molecular flexibility index (Phi) is 4.18. The predicted octanol–water partition coefficient (Wildman–Crippen LogP) is 1.82. The number of hydrogen-bond donors (Lipinski definition) is 1. The zero-order valence-corrected chi connectivity index (χ0v) is 11.0. The third-order valence-corrected chi connectivity index (χ3v) is 2.89. The summed E-state index contributed by atoms with van der Waals surface area (Å²) >= 11 is 12.0. The van der Waals surface area contributed by atoms with E-state index >= 15 is 0 Å². The van der Waals surface area contributed by atoms with Gasteiger partial charge in [0, 0.05) is 15.6 Å². The largest absolute Gasteiger partial charge is 0.439 e. The van der Waals surface area contributed by atoms with Crippen LogP contribution in [0.3, 0.4) is 0 Å². The summed E-state index contributed by atoms with van der Waals surface area (Å²) in [5.74, 6) is 0. The first-order valence-corrected chi connectivity index (χ1v) is 5.93. The molecule has 1 aromatic carbocycles. The van der Waals surface area contributed by atoms with E-state index in [4.69, 9.17) is 33.7 Å². The van der Waals surface area contributed by atoms with Crippen LogP contribution >= 0.6 is 23.2 Å². The Morgan fingerprint density at radius 2 is 2.26 bits per heavy atom. The Morgan fingerprint density at radius 3 is 2.89 bits per heavy atom. The van der Waals surface area contributed by atoms with Crippen LogP contribution in [0.2, 0.25) is 10.0 Å². The smallest absolute Gasteiger partial charge is 0.405 e. The molecular formula is C10H9Cl2N5O2. The summed E-state index contributed by atoms with van der Waals surface area (Å²) < 4.78 is 6.42. The number of ether oxygens (including phenoxy) is 1. The predicted molar refractivity (Wildman–Crippen MR) is 67.7 cm³/mol. The Balaban J connectivity index is 2.30. The van der Waals surface area contributed by atoms with E-state index in [1.807, 2.05) is 0 Å². The van der Waals surface area contributed by atoms with E-state index in [9.17, 15) is 4.79 Å². The number of tetrazole rings is 1. The summed E-state index contributed by atoms with van der Waals surface area (Å²) in [5.41, 5.74) is 5.58. The van der Waals surface area contributed by atoms with Crippen molar-refractivity contribution in [3.63, 3.8) is 0 Å². The van der Waals surface area contributed by atoms with E-state index in [1.54, 1.807) is 18.2 Å². The SMILES string of the molecule is NC(=O)OC(Cn1cnnn1)c1cc(Cl)ccc1Cl. The first-order chi connectivity index (χ1) is 9.06. The van der Waals surface area contributed by atoms with E-state index in [0.29, 0.717) is 15.6 Å².